The highest BCUT2D eigenvalue weighted by Gasteiger charge is 2.23. The molecular formula is C17H19BrN2. The van der Waals surface area contributed by atoms with Crippen LogP contribution in [0.2, 0.25) is 0 Å². The van der Waals surface area contributed by atoms with Gasteiger partial charge in [0.25, 0.3) is 0 Å². The van der Waals surface area contributed by atoms with Crippen molar-refractivity contribution >= 4 is 15.9 Å². The lowest BCUT2D eigenvalue weighted by Gasteiger charge is -2.35. The highest BCUT2D eigenvalue weighted by Crippen LogP contribution is 2.27. The summed E-state index contributed by atoms with van der Waals surface area (Å²) >= 11 is 3.49. The average Bonchev–Trinajstić information content (AvgIpc) is 2.50. The van der Waals surface area contributed by atoms with Crippen LogP contribution in [0.15, 0.2) is 53.0 Å². The van der Waals surface area contributed by atoms with Gasteiger partial charge in [-0.15, -0.1) is 0 Å². The summed E-state index contributed by atoms with van der Waals surface area (Å²) in [5.41, 5.74) is 10.3. The van der Waals surface area contributed by atoms with Crippen molar-refractivity contribution in [1.29, 1.82) is 0 Å². The highest BCUT2D eigenvalue weighted by molar-refractivity contribution is 9.10. The predicted molar refractivity (Wildman–Crippen MR) is 86.5 cm³/mol. The van der Waals surface area contributed by atoms with Gasteiger partial charge in [0.05, 0.1) is 0 Å². The minimum absolute atomic E-state index is 0.302. The topological polar surface area (TPSA) is 29.3 Å². The normalized spacial score (nSPS) is 16.7. The molecule has 0 aliphatic carbocycles. The van der Waals surface area contributed by atoms with Gasteiger partial charge in [0, 0.05) is 30.1 Å². The molecule has 0 aromatic heterocycles. The van der Waals surface area contributed by atoms with E-state index in [0.717, 1.165) is 24.0 Å². The molecule has 1 unspecified atom stereocenters. The Morgan fingerprint density at radius 3 is 2.45 bits per heavy atom. The van der Waals surface area contributed by atoms with E-state index in [-0.39, 0.29) is 0 Å². The number of hydrogen-bond acceptors (Lipinski definition) is 2. The molecule has 0 saturated carbocycles. The van der Waals surface area contributed by atoms with Crippen molar-refractivity contribution in [1.82, 2.24) is 4.90 Å². The number of benzene rings is 2. The Morgan fingerprint density at radius 1 is 1.05 bits per heavy atom. The van der Waals surface area contributed by atoms with E-state index in [4.69, 9.17) is 5.73 Å². The molecule has 3 heteroatoms. The second kappa shape index (κ2) is 6.08. The van der Waals surface area contributed by atoms with Gasteiger partial charge in [-0.25, -0.2) is 0 Å². The standard InChI is InChI=1S/C17H19BrN2/c18-16-7-5-14(6-8-16)17(11-19)20-10-9-13-3-1-2-4-15(13)12-20/h1-8,17H,9-12,19H2. The second-order valence-electron chi connectivity index (χ2n) is 5.29. The fraction of sp³-hybridized carbons (Fsp3) is 0.294. The first kappa shape index (κ1) is 13.8. The molecule has 1 aliphatic rings. The Kier molecular flexibility index (Phi) is 4.20. The van der Waals surface area contributed by atoms with Gasteiger partial charge >= 0.3 is 0 Å². The molecule has 0 amide bonds. The quantitative estimate of drug-likeness (QED) is 0.933. The first-order valence-electron chi connectivity index (χ1n) is 7.04. The Hall–Kier alpha value is -1.16. The SMILES string of the molecule is NCC(c1ccc(Br)cc1)N1CCc2ccccc2C1. The molecule has 3 rings (SSSR count). The second-order valence-corrected chi connectivity index (χ2v) is 6.21. The molecule has 20 heavy (non-hydrogen) atoms. The minimum atomic E-state index is 0.302. The lowest BCUT2D eigenvalue weighted by atomic mass is 9.96. The third-order valence-electron chi connectivity index (χ3n) is 4.08. The van der Waals surface area contributed by atoms with Crippen molar-refractivity contribution in [2.45, 2.75) is 19.0 Å². The molecule has 1 atom stereocenters. The van der Waals surface area contributed by atoms with Gasteiger partial charge in [-0.3, -0.25) is 4.90 Å². The molecule has 1 heterocycles. The number of hydrogen-bond donors (Lipinski definition) is 1. The van der Waals surface area contributed by atoms with Crippen LogP contribution in [0.3, 0.4) is 0 Å². The molecule has 0 fully saturated rings. The van der Waals surface area contributed by atoms with Crippen molar-refractivity contribution in [2.24, 2.45) is 5.73 Å². The number of fused-ring (bicyclic) bond motifs is 1. The summed E-state index contributed by atoms with van der Waals surface area (Å²) < 4.78 is 1.11. The summed E-state index contributed by atoms with van der Waals surface area (Å²) in [6.07, 6.45) is 1.11. The van der Waals surface area contributed by atoms with Crippen LogP contribution in [0.1, 0.15) is 22.7 Å². The summed E-state index contributed by atoms with van der Waals surface area (Å²) in [6.45, 7) is 2.73. The van der Waals surface area contributed by atoms with Crippen LogP contribution in [-0.4, -0.2) is 18.0 Å². The summed E-state index contributed by atoms with van der Waals surface area (Å²) in [5, 5.41) is 0. The molecule has 0 saturated heterocycles. The summed E-state index contributed by atoms with van der Waals surface area (Å²) in [4.78, 5) is 2.49. The van der Waals surface area contributed by atoms with Gasteiger partial charge in [0.2, 0.25) is 0 Å². The average molecular weight is 331 g/mol. The largest absolute Gasteiger partial charge is 0.329 e. The summed E-state index contributed by atoms with van der Waals surface area (Å²) in [7, 11) is 0. The Balaban J connectivity index is 1.83. The van der Waals surface area contributed by atoms with E-state index >= 15 is 0 Å². The molecule has 2 nitrogen and oxygen atoms in total. The van der Waals surface area contributed by atoms with E-state index in [1.54, 1.807) is 0 Å². The van der Waals surface area contributed by atoms with E-state index in [2.05, 4.69) is 69.4 Å². The fourth-order valence-electron chi connectivity index (χ4n) is 2.96. The van der Waals surface area contributed by atoms with Crippen molar-refractivity contribution in [3.05, 3.63) is 69.7 Å². The van der Waals surface area contributed by atoms with E-state index in [0.29, 0.717) is 12.6 Å². The number of nitrogens with two attached hydrogens (primary N) is 1. The van der Waals surface area contributed by atoms with Crippen molar-refractivity contribution in [3.8, 4) is 0 Å². The van der Waals surface area contributed by atoms with Gasteiger partial charge in [-0.2, -0.15) is 0 Å². The van der Waals surface area contributed by atoms with Crippen molar-refractivity contribution < 1.29 is 0 Å². The van der Waals surface area contributed by atoms with E-state index in [1.165, 1.54) is 16.7 Å². The zero-order chi connectivity index (χ0) is 13.9. The van der Waals surface area contributed by atoms with Crippen LogP contribution in [-0.2, 0) is 13.0 Å². The lowest BCUT2D eigenvalue weighted by Crippen LogP contribution is -2.37. The first-order chi connectivity index (χ1) is 9.78. The predicted octanol–water partition coefficient (Wildman–Crippen LogP) is 3.51. The molecule has 2 aromatic carbocycles. The van der Waals surface area contributed by atoms with E-state index in [1.807, 2.05) is 0 Å². The molecule has 2 N–H and O–H groups in total. The third-order valence-corrected chi connectivity index (χ3v) is 4.61. The molecular weight excluding hydrogens is 312 g/mol. The zero-order valence-electron chi connectivity index (χ0n) is 11.4. The van der Waals surface area contributed by atoms with Gasteiger partial charge in [-0.05, 0) is 35.2 Å². The van der Waals surface area contributed by atoms with E-state index in [9.17, 15) is 0 Å². The smallest absolute Gasteiger partial charge is 0.0474 e. The molecule has 0 radical (unpaired) electrons. The number of nitrogens with zero attached hydrogens (tertiary/aromatic N) is 1. The van der Waals surface area contributed by atoms with Crippen LogP contribution < -0.4 is 5.73 Å². The zero-order valence-corrected chi connectivity index (χ0v) is 13.0. The maximum atomic E-state index is 6.04. The summed E-state index contributed by atoms with van der Waals surface area (Å²) in [6, 6.07) is 17.6. The Labute approximate surface area is 128 Å². The van der Waals surface area contributed by atoms with Gasteiger partial charge in [0.1, 0.15) is 0 Å². The third kappa shape index (κ3) is 2.80. The lowest BCUT2D eigenvalue weighted by molar-refractivity contribution is 0.183. The van der Waals surface area contributed by atoms with Crippen molar-refractivity contribution in [2.75, 3.05) is 13.1 Å². The molecule has 0 spiro atoms. The van der Waals surface area contributed by atoms with Crippen LogP contribution >= 0.6 is 15.9 Å². The first-order valence-corrected chi connectivity index (χ1v) is 7.83. The monoisotopic (exact) mass is 330 g/mol. The Bertz CT molecular complexity index is 580. The number of rotatable bonds is 3. The maximum absolute atomic E-state index is 6.04. The fourth-order valence-corrected chi connectivity index (χ4v) is 3.23. The van der Waals surface area contributed by atoms with Crippen LogP contribution in [0.4, 0.5) is 0 Å². The molecule has 1 aliphatic heterocycles. The van der Waals surface area contributed by atoms with Crippen LogP contribution in [0, 0.1) is 0 Å². The Morgan fingerprint density at radius 2 is 1.75 bits per heavy atom. The number of halogens is 1. The summed E-state index contributed by atoms with van der Waals surface area (Å²) in [5.74, 6) is 0. The van der Waals surface area contributed by atoms with Crippen molar-refractivity contribution in [3.63, 3.8) is 0 Å². The van der Waals surface area contributed by atoms with Gasteiger partial charge < -0.3 is 5.73 Å². The van der Waals surface area contributed by atoms with Gasteiger partial charge in [-0.1, -0.05) is 52.3 Å². The highest BCUT2D eigenvalue weighted by atomic mass is 79.9. The maximum Gasteiger partial charge on any atom is 0.0474 e. The molecule has 104 valence electrons. The van der Waals surface area contributed by atoms with E-state index < -0.39 is 0 Å². The van der Waals surface area contributed by atoms with Crippen LogP contribution in [0.5, 0.6) is 0 Å². The minimum Gasteiger partial charge on any atom is -0.329 e. The molecule has 2 aromatic rings. The van der Waals surface area contributed by atoms with Gasteiger partial charge in [0.15, 0.2) is 0 Å². The molecule has 0 bridgehead atoms. The van der Waals surface area contributed by atoms with Crippen LogP contribution in [0.25, 0.3) is 0 Å².